The fourth-order valence-corrected chi connectivity index (χ4v) is 2.31. The first-order chi connectivity index (χ1) is 11.3. The van der Waals surface area contributed by atoms with E-state index in [9.17, 15) is 8.78 Å². The smallest absolute Gasteiger partial charge is 0.193 e. The summed E-state index contributed by atoms with van der Waals surface area (Å²) in [6.07, 6.45) is 0. The highest BCUT2D eigenvalue weighted by Gasteiger charge is 2.25. The lowest BCUT2D eigenvalue weighted by molar-refractivity contribution is 0.305. The van der Waals surface area contributed by atoms with Gasteiger partial charge in [0.25, 0.3) is 0 Å². The van der Waals surface area contributed by atoms with Gasteiger partial charge in [-0.1, -0.05) is 6.07 Å². The highest BCUT2D eigenvalue weighted by molar-refractivity contribution is 5.81. The van der Waals surface area contributed by atoms with E-state index in [1.807, 2.05) is 20.8 Å². The van der Waals surface area contributed by atoms with Crippen LogP contribution in [0.5, 0.6) is 0 Å². The van der Waals surface area contributed by atoms with E-state index >= 15 is 0 Å². The number of aromatic nitrogens is 4. The summed E-state index contributed by atoms with van der Waals surface area (Å²) in [5, 5.41) is 18.2. The zero-order valence-corrected chi connectivity index (χ0v) is 13.7. The molecule has 2 heterocycles. The van der Waals surface area contributed by atoms with Crippen LogP contribution in [0.15, 0.2) is 23.2 Å². The number of hydrogen-bond donors (Lipinski definition) is 2. The van der Waals surface area contributed by atoms with Gasteiger partial charge in [0.2, 0.25) is 0 Å². The van der Waals surface area contributed by atoms with Crippen molar-refractivity contribution in [2.45, 2.75) is 38.9 Å². The molecule has 7 nitrogen and oxygen atoms in total. The number of rotatable bonds is 3. The van der Waals surface area contributed by atoms with Crippen molar-refractivity contribution in [3.63, 3.8) is 0 Å². The number of nitrogens with one attached hydrogen (secondary N) is 2. The number of halogens is 2. The molecule has 1 atom stereocenters. The summed E-state index contributed by atoms with van der Waals surface area (Å²) < 4.78 is 27.6. The van der Waals surface area contributed by atoms with Crippen LogP contribution in [-0.2, 0) is 12.1 Å². The first-order valence-electron chi connectivity index (χ1n) is 7.63. The summed E-state index contributed by atoms with van der Waals surface area (Å²) in [7, 11) is 0. The Kier molecular flexibility index (Phi) is 4.16. The fraction of sp³-hybridized carbons (Fsp3) is 0.467. The molecule has 1 unspecified atom stereocenters. The molecule has 3 rings (SSSR count). The number of hydrogen-bond acceptors (Lipinski definition) is 6. The van der Waals surface area contributed by atoms with Crippen molar-refractivity contribution < 1.29 is 8.78 Å². The highest BCUT2D eigenvalue weighted by Crippen LogP contribution is 2.23. The summed E-state index contributed by atoms with van der Waals surface area (Å²) in [5.41, 5.74) is -0.253. The van der Waals surface area contributed by atoms with Crippen LogP contribution in [-0.4, -0.2) is 32.7 Å². The van der Waals surface area contributed by atoms with Crippen LogP contribution < -0.4 is 10.6 Å². The van der Waals surface area contributed by atoms with E-state index in [1.54, 1.807) is 0 Å². The standard InChI is InChI=1S/C15H19F2N7/c1-15(2,3)24-22-12(21-23-24)8-19-14-18-7-11(20-14)13-9(16)5-4-6-10(13)17/h4-6,11H,7-8H2,1-3H3,(H2,18,19,20). The summed E-state index contributed by atoms with van der Waals surface area (Å²) in [4.78, 5) is 5.76. The Bertz CT molecular complexity index is 743. The maximum absolute atomic E-state index is 13.8. The van der Waals surface area contributed by atoms with Crippen molar-refractivity contribution in [1.82, 2.24) is 30.8 Å². The molecule has 9 heteroatoms. The molecule has 1 aliphatic rings. The second-order valence-corrected chi connectivity index (χ2v) is 6.54. The third-order valence-corrected chi connectivity index (χ3v) is 3.56. The number of nitrogens with zero attached hydrogens (tertiary/aromatic N) is 5. The lowest BCUT2D eigenvalue weighted by Crippen LogP contribution is -2.35. The minimum Gasteiger partial charge on any atom is -0.349 e. The second-order valence-electron chi connectivity index (χ2n) is 6.54. The van der Waals surface area contributed by atoms with Crippen LogP contribution in [0, 0.1) is 11.6 Å². The summed E-state index contributed by atoms with van der Waals surface area (Å²) in [6.45, 7) is 6.49. The lowest BCUT2D eigenvalue weighted by atomic mass is 10.1. The van der Waals surface area contributed by atoms with Crippen LogP contribution in [0.4, 0.5) is 8.78 Å². The molecular weight excluding hydrogens is 316 g/mol. The van der Waals surface area contributed by atoms with Crippen molar-refractivity contribution in [3.05, 3.63) is 41.2 Å². The monoisotopic (exact) mass is 335 g/mol. The Morgan fingerprint density at radius 2 is 2.00 bits per heavy atom. The zero-order chi connectivity index (χ0) is 17.3. The molecule has 0 bridgehead atoms. The first-order valence-corrected chi connectivity index (χ1v) is 7.63. The molecule has 1 aromatic heterocycles. The minimum atomic E-state index is -0.585. The van der Waals surface area contributed by atoms with Gasteiger partial charge in [-0.2, -0.15) is 4.80 Å². The van der Waals surface area contributed by atoms with Gasteiger partial charge in [-0.05, 0) is 38.1 Å². The number of guanidine groups is 1. The molecule has 24 heavy (non-hydrogen) atoms. The number of aliphatic imine (C=N–C) groups is 1. The molecule has 0 saturated heterocycles. The first kappa shape index (κ1) is 16.3. The van der Waals surface area contributed by atoms with E-state index in [4.69, 9.17) is 0 Å². The van der Waals surface area contributed by atoms with E-state index in [0.29, 0.717) is 18.3 Å². The average molecular weight is 335 g/mol. The highest BCUT2D eigenvalue weighted by atomic mass is 19.1. The van der Waals surface area contributed by atoms with Gasteiger partial charge < -0.3 is 10.6 Å². The van der Waals surface area contributed by atoms with Crippen LogP contribution in [0.1, 0.15) is 38.2 Å². The fourth-order valence-electron chi connectivity index (χ4n) is 2.31. The van der Waals surface area contributed by atoms with Gasteiger partial charge in [-0.15, -0.1) is 10.2 Å². The molecule has 128 valence electrons. The van der Waals surface area contributed by atoms with Crippen molar-refractivity contribution >= 4 is 5.96 Å². The Balaban J connectivity index is 1.60. The SMILES string of the molecule is CC(C)(C)n1nnc(CNC2=NCC(c3c(F)cccc3F)N2)n1. The summed E-state index contributed by atoms with van der Waals surface area (Å²) in [6, 6.07) is 3.28. The minimum absolute atomic E-state index is 0.00477. The van der Waals surface area contributed by atoms with Gasteiger partial charge in [0, 0.05) is 5.56 Å². The lowest BCUT2D eigenvalue weighted by Gasteiger charge is -2.15. The zero-order valence-electron chi connectivity index (χ0n) is 13.7. The van der Waals surface area contributed by atoms with Crippen LogP contribution in [0.3, 0.4) is 0 Å². The van der Waals surface area contributed by atoms with Crippen LogP contribution in [0.2, 0.25) is 0 Å². The molecular formula is C15H19F2N7. The molecule has 0 amide bonds. The maximum Gasteiger partial charge on any atom is 0.193 e. The quantitative estimate of drug-likeness (QED) is 0.888. The normalized spacial score (nSPS) is 17.5. The summed E-state index contributed by atoms with van der Waals surface area (Å²) in [5.74, 6) is -0.206. The molecule has 2 aromatic rings. The molecule has 0 spiro atoms. The molecule has 0 fully saturated rings. The van der Waals surface area contributed by atoms with E-state index in [-0.39, 0.29) is 17.6 Å². The third kappa shape index (κ3) is 3.34. The molecule has 1 aromatic carbocycles. The van der Waals surface area contributed by atoms with E-state index in [2.05, 4.69) is 31.0 Å². The second kappa shape index (κ2) is 6.14. The maximum atomic E-state index is 13.8. The van der Waals surface area contributed by atoms with Crippen molar-refractivity contribution in [1.29, 1.82) is 0 Å². The van der Waals surface area contributed by atoms with Gasteiger partial charge in [0.1, 0.15) is 11.6 Å². The van der Waals surface area contributed by atoms with E-state index < -0.39 is 17.7 Å². The molecule has 1 aliphatic heterocycles. The largest absolute Gasteiger partial charge is 0.349 e. The van der Waals surface area contributed by atoms with E-state index in [0.717, 1.165) is 0 Å². The van der Waals surface area contributed by atoms with Gasteiger partial charge >= 0.3 is 0 Å². The number of benzene rings is 1. The Morgan fingerprint density at radius 3 is 2.62 bits per heavy atom. The van der Waals surface area contributed by atoms with Crippen molar-refractivity contribution in [3.8, 4) is 0 Å². The van der Waals surface area contributed by atoms with Gasteiger partial charge in [-0.3, -0.25) is 4.99 Å². The third-order valence-electron chi connectivity index (χ3n) is 3.56. The summed E-state index contributed by atoms with van der Waals surface area (Å²) >= 11 is 0. The molecule has 0 saturated carbocycles. The molecule has 0 aliphatic carbocycles. The van der Waals surface area contributed by atoms with Crippen LogP contribution >= 0.6 is 0 Å². The average Bonchev–Trinajstić information content (AvgIpc) is 3.13. The Labute approximate surface area is 138 Å². The van der Waals surface area contributed by atoms with E-state index in [1.165, 1.54) is 23.0 Å². The van der Waals surface area contributed by atoms with Gasteiger partial charge in [0.15, 0.2) is 11.8 Å². The van der Waals surface area contributed by atoms with Crippen molar-refractivity contribution in [2.75, 3.05) is 6.54 Å². The van der Waals surface area contributed by atoms with Gasteiger partial charge in [0.05, 0.1) is 24.7 Å². The Hall–Kier alpha value is -2.58. The molecule has 2 N–H and O–H groups in total. The molecule has 0 radical (unpaired) electrons. The predicted molar refractivity (Wildman–Crippen MR) is 84.2 cm³/mol. The number of tetrazole rings is 1. The Morgan fingerprint density at radius 1 is 1.29 bits per heavy atom. The topological polar surface area (TPSA) is 80.0 Å². The van der Waals surface area contributed by atoms with Gasteiger partial charge in [-0.25, -0.2) is 8.78 Å². The predicted octanol–water partition coefficient (Wildman–Crippen LogP) is 1.50. The van der Waals surface area contributed by atoms with Crippen LogP contribution in [0.25, 0.3) is 0 Å². The van der Waals surface area contributed by atoms with Crippen molar-refractivity contribution in [2.24, 2.45) is 4.99 Å².